The molecule has 2 nitrogen and oxygen atoms in total. The average molecular weight is 637 g/mol. The van der Waals surface area contributed by atoms with Gasteiger partial charge in [0.2, 0.25) is 0 Å². The van der Waals surface area contributed by atoms with Crippen LogP contribution < -0.4 is 0 Å². The van der Waals surface area contributed by atoms with Crippen molar-refractivity contribution < 1.29 is 0 Å². The van der Waals surface area contributed by atoms with Crippen molar-refractivity contribution in [3.63, 3.8) is 0 Å². The number of fused-ring (bicyclic) bond motifs is 3. The van der Waals surface area contributed by atoms with Gasteiger partial charge >= 0.3 is 0 Å². The summed E-state index contributed by atoms with van der Waals surface area (Å²) < 4.78 is 15.3. The highest BCUT2D eigenvalue weighted by atomic mass is 32.1. The van der Waals surface area contributed by atoms with Crippen LogP contribution in [0.4, 0.5) is 0 Å². The second-order valence-electron chi connectivity index (χ2n) is 11.5. The van der Waals surface area contributed by atoms with E-state index in [1.54, 1.807) is 9.75 Å². The van der Waals surface area contributed by atoms with Gasteiger partial charge < -0.3 is 0 Å². The summed E-state index contributed by atoms with van der Waals surface area (Å²) in [7, 11) is 0. The molecule has 0 spiro atoms. The minimum absolute atomic E-state index is 0.813. The zero-order valence-electron chi connectivity index (χ0n) is 24.6. The Kier molecular flexibility index (Phi) is 9.57. The van der Waals surface area contributed by atoms with Gasteiger partial charge in [-0.1, -0.05) is 91.2 Å². The molecule has 5 aromatic heterocycles. The maximum Gasteiger partial charge on any atom is 0.114 e. The summed E-state index contributed by atoms with van der Waals surface area (Å²) in [5.74, 6) is 1.63. The summed E-state index contributed by atoms with van der Waals surface area (Å²) in [4.78, 5) is 5.71. The van der Waals surface area contributed by atoms with E-state index >= 15 is 0 Å². The fraction of sp³-hybridized carbons (Fsp3) is 0.471. The number of aromatic nitrogens is 2. The van der Waals surface area contributed by atoms with Gasteiger partial charge in [0.05, 0.1) is 11.7 Å². The number of hydrogen-bond acceptors (Lipinski definition) is 7. The molecule has 5 heterocycles. The number of benzene rings is 1. The second-order valence-corrected chi connectivity index (χ2v) is 16.5. The van der Waals surface area contributed by atoms with Crippen molar-refractivity contribution in [2.24, 2.45) is 11.8 Å². The molecular formula is C34H40N2S5. The highest BCUT2D eigenvalue weighted by Gasteiger charge is 2.19. The van der Waals surface area contributed by atoms with E-state index in [-0.39, 0.29) is 0 Å². The number of unbranched alkanes of at least 4 members (excludes halogenated alkanes) is 2. The summed E-state index contributed by atoms with van der Waals surface area (Å²) in [6.07, 6.45) is 13.0. The molecule has 7 heteroatoms. The number of hydrogen-bond donors (Lipinski definition) is 0. The van der Waals surface area contributed by atoms with E-state index in [0.29, 0.717) is 0 Å². The predicted octanol–water partition coefficient (Wildman–Crippen LogP) is 13.1. The summed E-state index contributed by atoms with van der Waals surface area (Å²) in [6, 6.07) is 14.3. The van der Waals surface area contributed by atoms with Crippen LogP contribution in [0, 0.1) is 11.8 Å². The van der Waals surface area contributed by atoms with Crippen LogP contribution in [0.2, 0.25) is 0 Å². The Balaban J connectivity index is 1.23. The Morgan fingerprint density at radius 1 is 0.585 bits per heavy atom. The molecule has 6 aromatic rings. The largest absolute Gasteiger partial charge is 0.172 e. The van der Waals surface area contributed by atoms with Gasteiger partial charge in [-0.25, -0.2) is 0 Å². The zero-order chi connectivity index (χ0) is 28.3. The first-order chi connectivity index (χ1) is 20.1. The van der Waals surface area contributed by atoms with E-state index in [1.165, 1.54) is 116 Å². The Labute approximate surface area is 264 Å². The van der Waals surface area contributed by atoms with Crippen LogP contribution in [0.25, 0.3) is 50.7 Å². The van der Waals surface area contributed by atoms with Gasteiger partial charge in [0.1, 0.15) is 11.0 Å². The van der Waals surface area contributed by atoms with Gasteiger partial charge in [-0.3, -0.25) is 0 Å². The highest BCUT2D eigenvalue weighted by molar-refractivity contribution is 7.30. The molecule has 6 rings (SSSR count). The van der Waals surface area contributed by atoms with Gasteiger partial charge in [-0.05, 0) is 48.9 Å². The highest BCUT2D eigenvalue weighted by Crippen LogP contribution is 2.45. The van der Waals surface area contributed by atoms with E-state index in [9.17, 15) is 0 Å². The van der Waals surface area contributed by atoms with Gasteiger partial charge in [0.25, 0.3) is 0 Å². The fourth-order valence-electron chi connectivity index (χ4n) is 5.96. The van der Waals surface area contributed by atoms with E-state index in [4.69, 9.17) is 8.75 Å². The molecule has 0 bridgehead atoms. The minimum atomic E-state index is 0.813. The molecule has 2 unspecified atom stereocenters. The first-order valence-electron chi connectivity index (χ1n) is 15.4. The number of nitrogens with zero attached hydrogens (tertiary/aromatic N) is 2. The third-order valence-electron chi connectivity index (χ3n) is 8.53. The lowest BCUT2D eigenvalue weighted by atomic mass is 9.95. The van der Waals surface area contributed by atoms with E-state index < -0.39 is 0 Å². The van der Waals surface area contributed by atoms with Crippen molar-refractivity contribution in [1.82, 2.24) is 8.75 Å². The standard InChI is InChI=1S/C34H40N2S5/c1-5-9-11-21(7-3)15-23-17-29-31(37-23)19-27(39-29)25-13-14-26(34-33(25)35-41-36-34)28-20-32-30(40-28)18-24(38-32)16-22(8-4)12-10-6-2/h13-14,17-22H,5-12,15-16H2,1-4H3. The van der Waals surface area contributed by atoms with Crippen molar-refractivity contribution in [3.8, 4) is 20.9 Å². The van der Waals surface area contributed by atoms with Gasteiger partial charge in [-0.15, -0.1) is 45.3 Å². The van der Waals surface area contributed by atoms with Crippen LogP contribution in [0.3, 0.4) is 0 Å². The maximum atomic E-state index is 4.80. The van der Waals surface area contributed by atoms with Crippen molar-refractivity contribution in [3.05, 3.63) is 46.2 Å². The first kappa shape index (κ1) is 29.4. The van der Waals surface area contributed by atoms with Crippen LogP contribution >= 0.6 is 57.1 Å². The maximum absolute atomic E-state index is 4.80. The smallest absolute Gasteiger partial charge is 0.114 e. The lowest BCUT2D eigenvalue weighted by Crippen LogP contribution is -2.01. The Bertz CT molecular complexity index is 1540. The van der Waals surface area contributed by atoms with Crippen molar-refractivity contribution in [1.29, 1.82) is 0 Å². The van der Waals surface area contributed by atoms with E-state index in [1.807, 2.05) is 45.3 Å². The molecule has 41 heavy (non-hydrogen) atoms. The van der Waals surface area contributed by atoms with Crippen molar-refractivity contribution in [2.45, 2.75) is 91.9 Å². The third kappa shape index (κ3) is 6.35. The van der Waals surface area contributed by atoms with Crippen LogP contribution in [-0.2, 0) is 12.8 Å². The third-order valence-corrected chi connectivity index (χ3v) is 13.8. The normalized spacial score (nSPS) is 13.7. The lowest BCUT2D eigenvalue weighted by molar-refractivity contribution is 0.452. The van der Waals surface area contributed by atoms with Crippen molar-refractivity contribution in [2.75, 3.05) is 0 Å². The monoisotopic (exact) mass is 636 g/mol. The SMILES string of the molecule is CCCCC(CC)Cc1cc2sc(-c3ccc(-c4cc5sc(CC(CC)CCCC)cc5s4)c4nsnc34)cc2s1. The Hall–Kier alpha value is -1.64. The summed E-state index contributed by atoms with van der Waals surface area (Å²) in [5, 5.41) is 0. The molecule has 0 aliphatic rings. The second kappa shape index (κ2) is 13.3. The zero-order valence-corrected chi connectivity index (χ0v) is 28.7. The van der Waals surface area contributed by atoms with Crippen molar-refractivity contribution >= 4 is 86.9 Å². The molecule has 1 aromatic carbocycles. The molecule has 0 amide bonds. The molecule has 0 saturated carbocycles. The van der Waals surface area contributed by atoms with Crippen LogP contribution in [0.1, 0.15) is 88.8 Å². The molecule has 0 radical (unpaired) electrons. The predicted molar refractivity (Wildman–Crippen MR) is 189 cm³/mol. The van der Waals surface area contributed by atoms with Crippen LogP contribution in [-0.4, -0.2) is 8.75 Å². The molecular weight excluding hydrogens is 597 g/mol. The molecule has 0 N–H and O–H groups in total. The quantitative estimate of drug-likeness (QED) is 0.119. The molecule has 0 aliphatic heterocycles. The van der Waals surface area contributed by atoms with Crippen LogP contribution in [0.15, 0.2) is 36.4 Å². The summed E-state index contributed by atoms with van der Waals surface area (Å²) in [5.41, 5.74) is 4.54. The summed E-state index contributed by atoms with van der Waals surface area (Å²) >= 11 is 9.15. The van der Waals surface area contributed by atoms with E-state index in [2.05, 4.69) is 64.1 Å². The molecule has 0 aliphatic carbocycles. The number of rotatable bonds is 14. The van der Waals surface area contributed by atoms with Gasteiger partial charge in [0.15, 0.2) is 0 Å². The van der Waals surface area contributed by atoms with Gasteiger partial charge in [0, 0.05) is 49.4 Å². The molecule has 216 valence electrons. The lowest BCUT2D eigenvalue weighted by Gasteiger charge is -2.12. The minimum Gasteiger partial charge on any atom is -0.172 e. The van der Waals surface area contributed by atoms with Crippen LogP contribution in [0.5, 0.6) is 0 Å². The first-order valence-corrected chi connectivity index (χ1v) is 19.4. The van der Waals surface area contributed by atoms with Gasteiger partial charge in [-0.2, -0.15) is 8.75 Å². The van der Waals surface area contributed by atoms with E-state index in [0.717, 1.165) is 22.9 Å². The molecule has 0 saturated heterocycles. The molecule has 2 atom stereocenters. The summed E-state index contributed by atoms with van der Waals surface area (Å²) in [6.45, 7) is 9.29. The topological polar surface area (TPSA) is 25.8 Å². The fourth-order valence-corrected chi connectivity index (χ4v) is 11.7. The Morgan fingerprint density at radius 3 is 1.41 bits per heavy atom. The Morgan fingerprint density at radius 2 is 1.02 bits per heavy atom. The number of thiophene rings is 4. The molecule has 0 fully saturated rings. The average Bonchev–Trinajstić information content (AvgIpc) is 3.79.